The van der Waals surface area contributed by atoms with Crippen molar-refractivity contribution in [2.24, 2.45) is 0 Å². The van der Waals surface area contributed by atoms with Crippen molar-refractivity contribution in [3.8, 4) is 0 Å². The Balaban J connectivity index is 1.62. The van der Waals surface area contributed by atoms with Crippen LogP contribution in [-0.4, -0.2) is 69.6 Å². The lowest BCUT2D eigenvalue weighted by Gasteiger charge is -2.21. The molecule has 23 heavy (non-hydrogen) atoms. The van der Waals surface area contributed by atoms with Crippen LogP contribution in [0.4, 0.5) is 0 Å². The quantitative estimate of drug-likeness (QED) is 0.603. The molecule has 7 heteroatoms. The predicted molar refractivity (Wildman–Crippen MR) is 90.1 cm³/mol. The molecule has 2 aliphatic carbocycles. The van der Waals surface area contributed by atoms with Crippen molar-refractivity contribution >= 4 is 15.7 Å². The topological polar surface area (TPSA) is 75.7 Å². The summed E-state index contributed by atoms with van der Waals surface area (Å²) in [4.78, 5) is 14.2. The standard InChI is InChI=1S/C16H30N2O4S/c1-22-12-11-18(14-6-7-14)10-9-17-16(19)8-13-23(20,21)15-4-2-3-5-15/h14-15H,2-13H2,1H3,(H,17,19). The second-order valence-corrected chi connectivity index (χ2v) is 9.03. The lowest BCUT2D eigenvalue weighted by molar-refractivity contribution is -0.120. The maximum Gasteiger partial charge on any atom is 0.221 e. The van der Waals surface area contributed by atoms with Gasteiger partial charge in [0.05, 0.1) is 17.6 Å². The second-order valence-electron chi connectivity index (χ2n) is 6.63. The Hall–Kier alpha value is -0.660. The first-order valence-electron chi connectivity index (χ1n) is 8.74. The van der Waals surface area contributed by atoms with Crippen LogP contribution in [-0.2, 0) is 19.4 Å². The van der Waals surface area contributed by atoms with Crippen LogP contribution in [0.3, 0.4) is 0 Å². The monoisotopic (exact) mass is 346 g/mol. The first-order valence-corrected chi connectivity index (χ1v) is 10.5. The number of hydrogen-bond donors (Lipinski definition) is 1. The van der Waals surface area contributed by atoms with Crippen LogP contribution < -0.4 is 5.32 Å². The smallest absolute Gasteiger partial charge is 0.221 e. The average Bonchev–Trinajstić information content (AvgIpc) is 3.21. The molecule has 0 saturated heterocycles. The van der Waals surface area contributed by atoms with Crippen LogP contribution in [0.15, 0.2) is 0 Å². The fourth-order valence-electron chi connectivity index (χ4n) is 3.20. The Kier molecular flexibility index (Phi) is 7.30. The maximum atomic E-state index is 12.1. The summed E-state index contributed by atoms with van der Waals surface area (Å²) in [7, 11) is -1.41. The highest BCUT2D eigenvalue weighted by Crippen LogP contribution is 2.26. The van der Waals surface area contributed by atoms with Crippen LogP contribution in [0.1, 0.15) is 44.9 Å². The molecule has 2 rings (SSSR count). The van der Waals surface area contributed by atoms with E-state index < -0.39 is 9.84 Å². The highest BCUT2D eigenvalue weighted by Gasteiger charge is 2.29. The van der Waals surface area contributed by atoms with Gasteiger partial charge in [0.2, 0.25) is 5.91 Å². The fraction of sp³-hybridized carbons (Fsp3) is 0.938. The Morgan fingerprint density at radius 2 is 1.87 bits per heavy atom. The SMILES string of the molecule is COCCN(CCNC(=O)CCS(=O)(=O)C1CCCC1)C1CC1. The third kappa shape index (κ3) is 6.39. The van der Waals surface area contributed by atoms with Crippen LogP contribution in [0.25, 0.3) is 0 Å². The molecule has 2 fully saturated rings. The lowest BCUT2D eigenvalue weighted by Crippen LogP contribution is -2.38. The van der Waals surface area contributed by atoms with Crippen molar-refractivity contribution in [1.29, 1.82) is 0 Å². The van der Waals surface area contributed by atoms with E-state index in [0.717, 1.165) is 38.8 Å². The molecule has 1 amide bonds. The molecule has 0 unspecified atom stereocenters. The van der Waals surface area contributed by atoms with Gasteiger partial charge in [-0.3, -0.25) is 9.69 Å². The molecule has 0 spiro atoms. The summed E-state index contributed by atoms with van der Waals surface area (Å²) in [6, 6.07) is 0.629. The van der Waals surface area contributed by atoms with Crippen molar-refractivity contribution in [2.45, 2.75) is 56.2 Å². The van der Waals surface area contributed by atoms with Crippen molar-refractivity contribution in [2.75, 3.05) is 39.1 Å². The number of carbonyl (C=O) groups excluding carboxylic acids is 1. The number of ether oxygens (including phenoxy) is 1. The van der Waals surface area contributed by atoms with Gasteiger partial charge in [-0.1, -0.05) is 12.8 Å². The molecular weight excluding hydrogens is 316 g/mol. The van der Waals surface area contributed by atoms with E-state index >= 15 is 0 Å². The van der Waals surface area contributed by atoms with Gasteiger partial charge < -0.3 is 10.1 Å². The van der Waals surface area contributed by atoms with E-state index in [1.807, 2.05) is 0 Å². The molecule has 2 saturated carbocycles. The second kappa shape index (κ2) is 8.99. The van der Waals surface area contributed by atoms with Gasteiger partial charge in [-0.05, 0) is 25.7 Å². The van der Waals surface area contributed by atoms with E-state index in [1.165, 1.54) is 12.8 Å². The van der Waals surface area contributed by atoms with Gasteiger partial charge in [0.1, 0.15) is 0 Å². The molecule has 0 aliphatic heterocycles. The van der Waals surface area contributed by atoms with E-state index in [0.29, 0.717) is 19.2 Å². The largest absolute Gasteiger partial charge is 0.383 e. The Morgan fingerprint density at radius 1 is 1.17 bits per heavy atom. The van der Waals surface area contributed by atoms with Gasteiger partial charge >= 0.3 is 0 Å². The third-order valence-corrected chi connectivity index (χ3v) is 7.05. The van der Waals surface area contributed by atoms with E-state index in [1.54, 1.807) is 7.11 Å². The molecule has 6 nitrogen and oxygen atoms in total. The zero-order chi connectivity index (χ0) is 16.7. The summed E-state index contributed by atoms with van der Waals surface area (Å²) < 4.78 is 29.4. The number of rotatable bonds is 11. The Morgan fingerprint density at radius 3 is 2.48 bits per heavy atom. The summed E-state index contributed by atoms with van der Waals surface area (Å²) in [5.74, 6) is -0.173. The van der Waals surface area contributed by atoms with Gasteiger partial charge in [0.15, 0.2) is 9.84 Å². The zero-order valence-corrected chi connectivity index (χ0v) is 14.9. The lowest BCUT2D eigenvalue weighted by atomic mass is 10.4. The van der Waals surface area contributed by atoms with Gasteiger partial charge in [0, 0.05) is 39.2 Å². The van der Waals surface area contributed by atoms with Gasteiger partial charge in [-0.25, -0.2) is 8.42 Å². The number of methoxy groups -OCH3 is 1. The van der Waals surface area contributed by atoms with Crippen LogP contribution >= 0.6 is 0 Å². The molecule has 0 atom stereocenters. The number of sulfone groups is 1. The van der Waals surface area contributed by atoms with Crippen LogP contribution in [0, 0.1) is 0 Å². The summed E-state index contributed by atoms with van der Waals surface area (Å²) in [6.45, 7) is 2.95. The number of hydrogen-bond acceptors (Lipinski definition) is 5. The third-order valence-electron chi connectivity index (χ3n) is 4.79. The van der Waals surface area contributed by atoms with E-state index in [4.69, 9.17) is 4.74 Å². The van der Waals surface area contributed by atoms with Crippen molar-refractivity contribution < 1.29 is 17.9 Å². The molecule has 0 radical (unpaired) electrons. The van der Waals surface area contributed by atoms with E-state index in [-0.39, 0.29) is 23.3 Å². The number of nitrogens with one attached hydrogen (secondary N) is 1. The van der Waals surface area contributed by atoms with Gasteiger partial charge in [-0.15, -0.1) is 0 Å². The number of nitrogens with zero attached hydrogens (tertiary/aromatic N) is 1. The highest BCUT2D eigenvalue weighted by molar-refractivity contribution is 7.92. The van der Waals surface area contributed by atoms with Crippen molar-refractivity contribution in [3.63, 3.8) is 0 Å². The maximum absolute atomic E-state index is 12.1. The number of amides is 1. The normalized spacial score (nSPS) is 19.4. The molecule has 2 aliphatic rings. The highest BCUT2D eigenvalue weighted by atomic mass is 32.2. The number of carbonyl (C=O) groups is 1. The molecular formula is C16H30N2O4S. The average molecular weight is 346 g/mol. The van der Waals surface area contributed by atoms with E-state index in [2.05, 4.69) is 10.2 Å². The van der Waals surface area contributed by atoms with Gasteiger partial charge in [-0.2, -0.15) is 0 Å². The van der Waals surface area contributed by atoms with Gasteiger partial charge in [0.25, 0.3) is 0 Å². The minimum Gasteiger partial charge on any atom is -0.383 e. The summed E-state index contributed by atoms with van der Waals surface area (Å²) >= 11 is 0. The predicted octanol–water partition coefficient (Wildman–Crippen LogP) is 0.961. The Labute approximate surface area is 139 Å². The molecule has 0 aromatic carbocycles. The molecule has 0 bridgehead atoms. The first kappa shape index (κ1) is 18.7. The van der Waals surface area contributed by atoms with Crippen molar-refractivity contribution in [3.05, 3.63) is 0 Å². The molecule has 1 N–H and O–H groups in total. The summed E-state index contributed by atoms with van der Waals surface area (Å²) in [6.07, 6.45) is 6.04. The van der Waals surface area contributed by atoms with Crippen LogP contribution in [0.2, 0.25) is 0 Å². The minimum atomic E-state index is -3.10. The fourth-order valence-corrected chi connectivity index (χ4v) is 5.06. The van der Waals surface area contributed by atoms with Crippen molar-refractivity contribution in [1.82, 2.24) is 10.2 Å². The first-order chi connectivity index (χ1) is 11.0. The molecule has 134 valence electrons. The molecule has 0 aromatic rings. The molecule has 0 heterocycles. The summed E-state index contributed by atoms with van der Waals surface area (Å²) in [5, 5.41) is 2.64. The summed E-state index contributed by atoms with van der Waals surface area (Å²) in [5.41, 5.74) is 0. The van der Waals surface area contributed by atoms with E-state index in [9.17, 15) is 13.2 Å². The minimum absolute atomic E-state index is 0.0144. The van der Waals surface area contributed by atoms with Crippen LogP contribution in [0.5, 0.6) is 0 Å². The Bertz CT molecular complexity index is 470. The molecule has 0 aromatic heterocycles. The zero-order valence-electron chi connectivity index (χ0n) is 14.1.